The number of piperidine rings is 1. The molecule has 1 saturated carbocycles. The van der Waals surface area contributed by atoms with E-state index in [4.69, 9.17) is 4.42 Å². The molecular weight excluding hydrogens is 224 g/mol. The van der Waals surface area contributed by atoms with Gasteiger partial charge in [0.2, 0.25) is 0 Å². The zero-order chi connectivity index (χ0) is 11.9. The van der Waals surface area contributed by atoms with Crippen molar-refractivity contribution in [3.05, 3.63) is 36.2 Å². The van der Waals surface area contributed by atoms with Gasteiger partial charge in [-0.25, -0.2) is 0 Å². The van der Waals surface area contributed by atoms with Gasteiger partial charge in [0.1, 0.15) is 5.52 Å². The van der Waals surface area contributed by atoms with Crippen LogP contribution in [0.25, 0.3) is 17.2 Å². The number of hydrogen-bond donors (Lipinski definition) is 1. The van der Waals surface area contributed by atoms with Gasteiger partial charge in [0.25, 0.3) is 0 Å². The predicted octanol–water partition coefficient (Wildman–Crippen LogP) is 2.98. The highest BCUT2D eigenvalue weighted by Crippen LogP contribution is 2.35. The quantitative estimate of drug-likeness (QED) is 0.877. The Balaban J connectivity index is 1.56. The highest BCUT2D eigenvalue weighted by atomic mass is 16.3. The standard InChI is InChI=1S/C15H16N2O/c1(4-13-11-2-3-12(8-11)17-13)10-7-15-14(16-9-10)5-6-18-15/h1,4-7,9,11-13,17H,2-3,8H2. The maximum atomic E-state index is 5.37. The monoisotopic (exact) mass is 240 g/mol. The molecule has 3 atom stereocenters. The Morgan fingerprint density at radius 3 is 3.22 bits per heavy atom. The molecule has 1 aliphatic carbocycles. The molecule has 18 heavy (non-hydrogen) atoms. The second kappa shape index (κ2) is 3.95. The SMILES string of the molecule is C(=CC1NC2CCC1C2)c1cnc2ccoc2c1. The van der Waals surface area contributed by atoms with Crippen molar-refractivity contribution in [3.63, 3.8) is 0 Å². The van der Waals surface area contributed by atoms with Crippen LogP contribution in [0.4, 0.5) is 0 Å². The van der Waals surface area contributed by atoms with Crippen LogP contribution in [-0.2, 0) is 0 Å². The van der Waals surface area contributed by atoms with Crippen LogP contribution in [0.15, 0.2) is 35.1 Å². The number of rotatable bonds is 2. The third-order valence-corrected chi connectivity index (χ3v) is 4.23. The third-order valence-electron chi connectivity index (χ3n) is 4.23. The molecule has 1 aliphatic heterocycles. The fraction of sp³-hybridized carbons (Fsp3) is 0.400. The minimum absolute atomic E-state index is 0.552. The summed E-state index contributed by atoms with van der Waals surface area (Å²) in [5.74, 6) is 0.839. The maximum Gasteiger partial charge on any atom is 0.152 e. The van der Waals surface area contributed by atoms with E-state index in [0.717, 1.165) is 28.6 Å². The number of pyridine rings is 1. The Labute approximate surface area is 106 Å². The first-order valence-corrected chi connectivity index (χ1v) is 6.66. The summed E-state index contributed by atoms with van der Waals surface area (Å²) in [5, 5.41) is 3.66. The molecule has 92 valence electrons. The van der Waals surface area contributed by atoms with Crippen LogP contribution in [-0.4, -0.2) is 17.1 Å². The smallest absolute Gasteiger partial charge is 0.152 e. The molecule has 0 amide bonds. The van der Waals surface area contributed by atoms with Crippen molar-refractivity contribution in [2.45, 2.75) is 31.3 Å². The van der Waals surface area contributed by atoms with Crippen molar-refractivity contribution in [2.24, 2.45) is 5.92 Å². The largest absolute Gasteiger partial charge is 0.463 e. The van der Waals surface area contributed by atoms with Crippen molar-refractivity contribution >= 4 is 17.2 Å². The number of nitrogens with one attached hydrogen (secondary N) is 1. The van der Waals surface area contributed by atoms with Gasteiger partial charge >= 0.3 is 0 Å². The van der Waals surface area contributed by atoms with Crippen LogP contribution in [0.1, 0.15) is 24.8 Å². The Morgan fingerprint density at radius 2 is 2.39 bits per heavy atom. The van der Waals surface area contributed by atoms with Crippen LogP contribution < -0.4 is 5.32 Å². The van der Waals surface area contributed by atoms with Gasteiger partial charge in [-0.15, -0.1) is 0 Å². The fourth-order valence-corrected chi connectivity index (χ4v) is 3.28. The zero-order valence-corrected chi connectivity index (χ0v) is 10.2. The molecule has 2 fully saturated rings. The molecule has 2 aromatic heterocycles. The lowest BCUT2D eigenvalue weighted by Crippen LogP contribution is -2.33. The van der Waals surface area contributed by atoms with E-state index in [0.29, 0.717) is 6.04 Å². The van der Waals surface area contributed by atoms with Crippen LogP contribution in [0.5, 0.6) is 0 Å². The minimum atomic E-state index is 0.552. The number of aromatic nitrogens is 1. The number of hydrogen-bond acceptors (Lipinski definition) is 3. The summed E-state index contributed by atoms with van der Waals surface area (Å²) in [6.07, 6.45) is 12.1. The average molecular weight is 240 g/mol. The van der Waals surface area contributed by atoms with Crippen molar-refractivity contribution in [1.29, 1.82) is 0 Å². The first-order chi connectivity index (χ1) is 8.88. The van der Waals surface area contributed by atoms with E-state index in [-0.39, 0.29) is 0 Å². The normalized spacial score (nSPS) is 30.8. The summed E-state index contributed by atoms with van der Waals surface area (Å²) in [6.45, 7) is 0. The minimum Gasteiger partial charge on any atom is -0.463 e. The number of furan rings is 1. The summed E-state index contributed by atoms with van der Waals surface area (Å²) in [4.78, 5) is 4.37. The Bertz CT molecular complexity index is 601. The second-order valence-corrected chi connectivity index (χ2v) is 5.39. The summed E-state index contributed by atoms with van der Waals surface area (Å²) >= 11 is 0. The molecule has 0 aromatic carbocycles. The van der Waals surface area contributed by atoms with Gasteiger partial charge in [0.15, 0.2) is 5.58 Å². The molecule has 2 aliphatic rings. The van der Waals surface area contributed by atoms with E-state index < -0.39 is 0 Å². The van der Waals surface area contributed by atoms with E-state index in [1.807, 2.05) is 18.3 Å². The van der Waals surface area contributed by atoms with Crippen molar-refractivity contribution < 1.29 is 4.42 Å². The fourth-order valence-electron chi connectivity index (χ4n) is 3.28. The van der Waals surface area contributed by atoms with E-state index >= 15 is 0 Å². The summed E-state index contributed by atoms with van der Waals surface area (Å²) in [7, 11) is 0. The molecule has 1 N–H and O–H groups in total. The summed E-state index contributed by atoms with van der Waals surface area (Å²) in [5.41, 5.74) is 2.89. The van der Waals surface area contributed by atoms with Gasteiger partial charge in [-0.05, 0) is 36.8 Å². The van der Waals surface area contributed by atoms with Gasteiger partial charge in [0.05, 0.1) is 6.26 Å². The molecule has 3 nitrogen and oxygen atoms in total. The molecule has 3 heterocycles. The summed E-state index contributed by atoms with van der Waals surface area (Å²) in [6, 6.07) is 5.25. The number of nitrogens with zero attached hydrogens (tertiary/aromatic N) is 1. The van der Waals surface area contributed by atoms with Crippen LogP contribution in [0, 0.1) is 5.92 Å². The van der Waals surface area contributed by atoms with E-state index in [1.165, 1.54) is 19.3 Å². The topological polar surface area (TPSA) is 38.1 Å². The zero-order valence-electron chi connectivity index (χ0n) is 10.2. The van der Waals surface area contributed by atoms with Crippen LogP contribution >= 0.6 is 0 Å². The van der Waals surface area contributed by atoms with Gasteiger partial charge in [0, 0.05) is 24.3 Å². The molecule has 4 rings (SSSR count). The number of fused-ring (bicyclic) bond motifs is 3. The lowest BCUT2D eigenvalue weighted by molar-refractivity contribution is 0.437. The molecule has 3 heteroatoms. The lowest BCUT2D eigenvalue weighted by Gasteiger charge is -2.19. The first-order valence-electron chi connectivity index (χ1n) is 6.66. The molecule has 2 bridgehead atoms. The lowest BCUT2D eigenvalue weighted by atomic mass is 9.99. The van der Waals surface area contributed by atoms with E-state index in [9.17, 15) is 0 Å². The summed E-state index contributed by atoms with van der Waals surface area (Å²) < 4.78 is 5.37. The molecule has 1 saturated heterocycles. The molecule has 2 aromatic rings. The second-order valence-electron chi connectivity index (χ2n) is 5.39. The van der Waals surface area contributed by atoms with Crippen LogP contribution in [0.2, 0.25) is 0 Å². The maximum absolute atomic E-state index is 5.37. The Hall–Kier alpha value is -1.61. The predicted molar refractivity (Wildman–Crippen MR) is 71.1 cm³/mol. The third kappa shape index (κ3) is 1.66. The molecule has 3 unspecified atom stereocenters. The van der Waals surface area contributed by atoms with Crippen LogP contribution in [0.3, 0.4) is 0 Å². The molecular formula is C15H16N2O. The highest BCUT2D eigenvalue weighted by molar-refractivity contribution is 5.74. The van der Waals surface area contributed by atoms with E-state index in [2.05, 4.69) is 22.5 Å². The Morgan fingerprint density at radius 1 is 1.39 bits per heavy atom. The van der Waals surface area contributed by atoms with Gasteiger partial charge in [-0.2, -0.15) is 0 Å². The van der Waals surface area contributed by atoms with Crippen molar-refractivity contribution in [2.75, 3.05) is 0 Å². The highest BCUT2D eigenvalue weighted by Gasteiger charge is 2.37. The van der Waals surface area contributed by atoms with Gasteiger partial charge in [-0.1, -0.05) is 12.2 Å². The average Bonchev–Trinajstić information content (AvgIpc) is 3.11. The van der Waals surface area contributed by atoms with Gasteiger partial charge < -0.3 is 9.73 Å². The van der Waals surface area contributed by atoms with Crippen molar-refractivity contribution in [1.82, 2.24) is 10.3 Å². The van der Waals surface area contributed by atoms with Crippen molar-refractivity contribution in [3.8, 4) is 0 Å². The first kappa shape index (κ1) is 10.3. The molecule has 0 spiro atoms. The molecule has 0 radical (unpaired) electrons. The van der Waals surface area contributed by atoms with Gasteiger partial charge in [-0.3, -0.25) is 4.98 Å². The van der Waals surface area contributed by atoms with E-state index in [1.54, 1.807) is 6.26 Å². The Kier molecular flexibility index (Phi) is 2.27.